The first-order valence-electron chi connectivity index (χ1n) is 8.37. The molecule has 0 aliphatic carbocycles. The average molecular weight is 339 g/mol. The van der Waals surface area contributed by atoms with Crippen LogP contribution in [0.15, 0.2) is 48.7 Å². The number of aromatic nitrogens is 1. The van der Waals surface area contributed by atoms with E-state index in [2.05, 4.69) is 10.3 Å². The summed E-state index contributed by atoms with van der Waals surface area (Å²) in [6.45, 7) is 2.51. The van der Waals surface area contributed by atoms with Crippen molar-refractivity contribution in [3.63, 3.8) is 0 Å². The Bertz CT molecular complexity index is 749. The molecule has 1 aromatic heterocycles. The molecule has 0 radical (unpaired) electrons. The van der Waals surface area contributed by atoms with E-state index in [9.17, 15) is 9.59 Å². The number of carbonyl (C=O) groups excluding carboxylic acids is 2. The Hall–Kier alpha value is -2.89. The third-order valence-corrected chi connectivity index (χ3v) is 4.08. The Morgan fingerprint density at radius 1 is 1.32 bits per heavy atom. The highest BCUT2D eigenvalue weighted by atomic mass is 16.5. The maximum Gasteiger partial charge on any atom is 0.258 e. The lowest BCUT2D eigenvalue weighted by molar-refractivity contribution is -0.123. The van der Waals surface area contributed by atoms with Crippen molar-refractivity contribution in [2.75, 3.05) is 18.1 Å². The van der Waals surface area contributed by atoms with Crippen molar-refractivity contribution in [2.24, 2.45) is 0 Å². The summed E-state index contributed by atoms with van der Waals surface area (Å²) in [5.41, 5.74) is 1.60. The first-order chi connectivity index (χ1) is 12.1. The number of hydrogen-bond donors (Lipinski definition) is 1. The fraction of sp³-hybridized carbons (Fsp3) is 0.316. The largest absolute Gasteiger partial charge is 0.484 e. The molecular weight excluding hydrogens is 318 g/mol. The highest BCUT2D eigenvalue weighted by Gasteiger charge is 2.21. The standard InChI is InChI=1S/C19H21N3O3/c1-14(17-8-2-3-10-20-17)21-18(23)13-25-16-7-4-6-15(12-16)22-11-5-9-19(22)24/h2-4,6-8,10,12,14H,5,9,11,13H2,1H3,(H,21,23). The minimum Gasteiger partial charge on any atom is -0.484 e. The molecule has 2 heterocycles. The summed E-state index contributed by atoms with van der Waals surface area (Å²) in [7, 11) is 0. The lowest BCUT2D eigenvalue weighted by Gasteiger charge is -2.17. The van der Waals surface area contributed by atoms with E-state index in [0.717, 1.165) is 24.3 Å². The number of pyridine rings is 1. The summed E-state index contributed by atoms with van der Waals surface area (Å²) in [6.07, 6.45) is 3.15. The van der Waals surface area contributed by atoms with Gasteiger partial charge in [0.25, 0.3) is 5.91 Å². The van der Waals surface area contributed by atoms with Crippen LogP contribution >= 0.6 is 0 Å². The van der Waals surface area contributed by atoms with E-state index in [0.29, 0.717) is 12.2 Å². The average Bonchev–Trinajstić information content (AvgIpc) is 3.07. The zero-order chi connectivity index (χ0) is 17.6. The molecule has 1 saturated heterocycles. The van der Waals surface area contributed by atoms with Crippen LogP contribution in [0.25, 0.3) is 0 Å². The topological polar surface area (TPSA) is 71.5 Å². The van der Waals surface area contributed by atoms with E-state index in [1.54, 1.807) is 23.2 Å². The Balaban J connectivity index is 1.54. The van der Waals surface area contributed by atoms with Gasteiger partial charge in [-0.05, 0) is 37.6 Å². The minimum atomic E-state index is -0.221. The van der Waals surface area contributed by atoms with Gasteiger partial charge >= 0.3 is 0 Å². The SMILES string of the molecule is CC(NC(=O)COc1cccc(N2CCCC2=O)c1)c1ccccn1. The quantitative estimate of drug-likeness (QED) is 0.877. The summed E-state index contributed by atoms with van der Waals surface area (Å²) in [5.74, 6) is 0.470. The van der Waals surface area contributed by atoms with Crippen molar-refractivity contribution in [3.05, 3.63) is 54.4 Å². The smallest absolute Gasteiger partial charge is 0.258 e. The number of rotatable bonds is 6. The van der Waals surface area contributed by atoms with Crippen LogP contribution in [0, 0.1) is 0 Å². The molecule has 1 aliphatic heterocycles. The molecule has 0 spiro atoms. The molecule has 2 amide bonds. The van der Waals surface area contributed by atoms with Crippen molar-refractivity contribution >= 4 is 17.5 Å². The van der Waals surface area contributed by atoms with Gasteiger partial charge in [-0.2, -0.15) is 0 Å². The minimum absolute atomic E-state index is 0.0887. The molecule has 1 atom stereocenters. The van der Waals surface area contributed by atoms with Crippen LogP contribution in [0.4, 0.5) is 5.69 Å². The van der Waals surface area contributed by atoms with Gasteiger partial charge < -0.3 is 15.0 Å². The molecule has 6 nitrogen and oxygen atoms in total. The molecule has 25 heavy (non-hydrogen) atoms. The van der Waals surface area contributed by atoms with Gasteiger partial charge in [-0.1, -0.05) is 12.1 Å². The van der Waals surface area contributed by atoms with Gasteiger partial charge in [0.15, 0.2) is 6.61 Å². The monoisotopic (exact) mass is 339 g/mol. The fourth-order valence-corrected chi connectivity index (χ4v) is 2.80. The van der Waals surface area contributed by atoms with Gasteiger partial charge in [-0.3, -0.25) is 14.6 Å². The molecule has 1 unspecified atom stereocenters. The molecule has 130 valence electrons. The number of anilines is 1. The Morgan fingerprint density at radius 2 is 2.20 bits per heavy atom. The predicted molar refractivity (Wildman–Crippen MR) is 94.3 cm³/mol. The van der Waals surface area contributed by atoms with Crippen molar-refractivity contribution in [1.82, 2.24) is 10.3 Å². The number of nitrogens with zero attached hydrogens (tertiary/aromatic N) is 2. The van der Waals surface area contributed by atoms with Gasteiger partial charge in [0.1, 0.15) is 5.75 Å². The first-order valence-corrected chi connectivity index (χ1v) is 8.37. The fourth-order valence-electron chi connectivity index (χ4n) is 2.80. The van der Waals surface area contributed by atoms with Gasteiger partial charge in [0, 0.05) is 30.9 Å². The molecule has 1 fully saturated rings. The van der Waals surface area contributed by atoms with Crippen LogP contribution in [0.2, 0.25) is 0 Å². The van der Waals surface area contributed by atoms with Crippen LogP contribution in [0.1, 0.15) is 31.5 Å². The molecule has 0 bridgehead atoms. The number of carbonyl (C=O) groups is 2. The number of ether oxygens (including phenoxy) is 1. The first kappa shape index (κ1) is 17.0. The molecule has 0 saturated carbocycles. The van der Waals surface area contributed by atoms with Crippen LogP contribution < -0.4 is 15.0 Å². The van der Waals surface area contributed by atoms with Crippen LogP contribution in [-0.4, -0.2) is 29.9 Å². The zero-order valence-corrected chi connectivity index (χ0v) is 14.1. The molecule has 6 heteroatoms. The van der Waals surface area contributed by atoms with Crippen molar-refractivity contribution < 1.29 is 14.3 Å². The van der Waals surface area contributed by atoms with Crippen LogP contribution in [0.3, 0.4) is 0 Å². The number of amides is 2. The van der Waals surface area contributed by atoms with Crippen molar-refractivity contribution in [2.45, 2.75) is 25.8 Å². The Kier molecular flexibility index (Phi) is 5.28. The Morgan fingerprint density at radius 3 is 2.92 bits per heavy atom. The van der Waals surface area contributed by atoms with Crippen molar-refractivity contribution in [3.8, 4) is 5.75 Å². The lowest BCUT2D eigenvalue weighted by Crippen LogP contribution is -2.31. The molecule has 1 aromatic carbocycles. The van der Waals surface area contributed by atoms with E-state index in [4.69, 9.17) is 4.74 Å². The van der Waals surface area contributed by atoms with Crippen LogP contribution in [0.5, 0.6) is 5.75 Å². The lowest BCUT2D eigenvalue weighted by atomic mass is 10.2. The van der Waals surface area contributed by atoms with E-state index in [1.165, 1.54) is 0 Å². The van der Waals surface area contributed by atoms with Crippen LogP contribution in [-0.2, 0) is 9.59 Å². The van der Waals surface area contributed by atoms with Gasteiger partial charge in [0.05, 0.1) is 11.7 Å². The van der Waals surface area contributed by atoms with E-state index < -0.39 is 0 Å². The summed E-state index contributed by atoms with van der Waals surface area (Å²) in [5, 5.41) is 2.85. The summed E-state index contributed by atoms with van der Waals surface area (Å²) >= 11 is 0. The molecule has 2 aromatic rings. The maximum absolute atomic E-state index is 12.1. The highest BCUT2D eigenvalue weighted by Crippen LogP contribution is 2.25. The summed E-state index contributed by atoms with van der Waals surface area (Å²) < 4.78 is 5.57. The normalized spacial score (nSPS) is 15.1. The van der Waals surface area contributed by atoms with Gasteiger partial charge in [-0.25, -0.2) is 0 Å². The third kappa shape index (κ3) is 4.35. The molecule has 1 N–H and O–H groups in total. The van der Waals surface area contributed by atoms with E-state index in [1.807, 2.05) is 37.3 Å². The highest BCUT2D eigenvalue weighted by molar-refractivity contribution is 5.95. The Labute approximate surface area is 146 Å². The van der Waals surface area contributed by atoms with E-state index in [-0.39, 0.29) is 24.5 Å². The molecule has 3 rings (SSSR count). The second-order valence-corrected chi connectivity index (χ2v) is 5.98. The number of hydrogen-bond acceptors (Lipinski definition) is 4. The summed E-state index contributed by atoms with van der Waals surface area (Å²) in [4.78, 5) is 29.9. The zero-order valence-electron chi connectivity index (χ0n) is 14.1. The van der Waals surface area contributed by atoms with Crippen molar-refractivity contribution in [1.29, 1.82) is 0 Å². The maximum atomic E-state index is 12.1. The van der Waals surface area contributed by atoms with Gasteiger partial charge in [-0.15, -0.1) is 0 Å². The predicted octanol–water partition coefficient (Wildman–Crippen LogP) is 2.46. The van der Waals surface area contributed by atoms with Gasteiger partial charge in [0.2, 0.25) is 5.91 Å². The van der Waals surface area contributed by atoms with E-state index >= 15 is 0 Å². The third-order valence-electron chi connectivity index (χ3n) is 4.08. The summed E-state index contributed by atoms with van der Waals surface area (Å²) in [6, 6.07) is 12.7. The number of nitrogens with one attached hydrogen (secondary N) is 1. The number of benzene rings is 1. The second kappa shape index (κ2) is 7.79. The molecule has 1 aliphatic rings. The molecular formula is C19H21N3O3. The second-order valence-electron chi connectivity index (χ2n) is 5.98.